The van der Waals surface area contributed by atoms with Crippen LogP contribution < -0.4 is 9.47 Å². The SMILES string of the molecule is C=CCOc1ccc(C(C(=O)O)N(CC=C)CC=C)cc1OCC=C. The molecule has 5 nitrogen and oxygen atoms in total. The Hall–Kier alpha value is -2.79. The lowest BCUT2D eigenvalue weighted by Crippen LogP contribution is -2.34. The number of benzene rings is 1. The maximum absolute atomic E-state index is 11.9. The number of ether oxygens (including phenoxy) is 2. The second kappa shape index (κ2) is 10.9. The van der Waals surface area contributed by atoms with Crippen molar-refractivity contribution in [3.63, 3.8) is 0 Å². The summed E-state index contributed by atoms with van der Waals surface area (Å²) in [5, 5.41) is 9.72. The minimum Gasteiger partial charge on any atom is -0.486 e. The normalized spacial score (nSPS) is 11.4. The van der Waals surface area contributed by atoms with E-state index in [4.69, 9.17) is 9.47 Å². The third-order valence-electron chi connectivity index (χ3n) is 3.32. The Morgan fingerprint density at radius 2 is 1.56 bits per heavy atom. The van der Waals surface area contributed by atoms with E-state index in [1.54, 1.807) is 47.4 Å². The van der Waals surface area contributed by atoms with Crippen LogP contribution >= 0.6 is 0 Å². The average molecular weight is 343 g/mol. The molecule has 1 N–H and O–H groups in total. The molecule has 0 aliphatic carbocycles. The summed E-state index contributed by atoms with van der Waals surface area (Å²) in [4.78, 5) is 13.6. The molecule has 0 fully saturated rings. The highest BCUT2D eigenvalue weighted by Gasteiger charge is 2.27. The number of hydrogen-bond acceptors (Lipinski definition) is 4. The first-order chi connectivity index (χ1) is 12.1. The molecule has 25 heavy (non-hydrogen) atoms. The third kappa shape index (κ3) is 5.97. The Kier molecular flexibility index (Phi) is 8.82. The Morgan fingerprint density at radius 3 is 2.04 bits per heavy atom. The first-order valence-electron chi connectivity index (χ1n) is 7.89. The molecule has 0 aliphatic heterocycles. The van der Waals surface area contributed by atoms with E-state index in [0.29, 0.717) is 36.8 Å². The standard InChI is InChI=1S/C20H25NO4/c1-5-11-21(12-6-2)19(20(22)23)16-9-10-17(24-13-7-3)18(15-16)25-14-8-4/h5-10,15,19H,1-4,11-14H2,(H,22,23). The van der Waals surface area contributed by atoms with E-state index in [-0.39, 0.29) is 6.61 Å². The molecule has 0 saturated heterocycles. The van der Waals surface area contributed by atoms with Crippen LogP contribution in [0.1, 0.15) is 11.6 Å². The van der Waals surface area contributed by atoms with Crippen molar-refractivity contribution in [3.05, 3.63) is 74.4 Å². The number of carboxylic acid groups (broad SMARTS) is 1. The zero-order valence-corrected chi connectivity index (χ0v) is 14.4. The summed E-state index contributed by atoms with van der Waals surface area (Å²) in [5.41, 5.74) is 0.584. The minimum absolute atomic E-state index is 0.286. The van der Waals surface area contributed by atoms with Gasteiger partial charge in [-0.2, -0.15) is 0 Å². The fourth-order valence-electron chi connectivity index (χ4n) is 2.35. The van der Waals surface area contributed by atoms with Crippen LogP contribution in [0, 0.1) is 0 Å². The zero-order chi connectivity index (χ0) is 18.7. The van der Waals surface area contributed by atoms with Crippen molar-refractivity contribution in [3.8, 4) is 11.5 Å². The van der Waals surface area contributed by atoms with Crippen LogP contribution in [0.2, 0.25) is 0 Å². The lowest BCUT2D eigenvalue weighted by molar-refractivity contribution is -0.143. The topological polar surface area (TPSA) is 59.0 Å². The summed E-state index contributed by atoms with van der Waals surface area (Å²) in [7, 11) is 0. The largest absolute Gasteiger partial charge is 0.486 e. The van der Waals surface area contributed by atoms with Crippen LogP contribution in [0.25, 0.3) is 0 Å². The van der Waals surface area contributed by atoms with Gasteiger partial charge in [-0.05, 0) is 17.7 Å². The van der Waals surface area contributed by atoms with Gasteiger partial charge in [0.1, 0.15) is 19.3 Å². The van der Waals surface area contributed by atoms with Gasteiger partial charge in [-0.15, -0.1) is 13.2 Å². The molecule has 0 amide bonds. The van der Waals surface area contributed by atoms with Crippen LogP contribution in [0.15, 0.2) is 68.8 Å². The monoisotopic (exact) mass is 343 g/mol. The molecule has 0 saturated carbocycles. The van der Waals surface area contributed by atoms with E-state index in [9.17, 15) is 9.90 Å². The molecule has 1 rings (SSSR count). The molecule has 1 aromatic rings. The van der Waals surface area contributed by atoms with Gasteiger partial charge in [-0.3, -0.25) is 9.69 Å². The summed E-state index contributed by atoms with van der Waals surface area (Å²) in [5.74, 6) is 0.0226. The maximum Gasteiger partial charge on any atom is 0.325 e. The van der Waals surface area contributed by atoms with E-state index in [0.717, 1.165) is 0 Å². The lowest BCUT2D eigenvalue weighted by Gasteiger charge is -2.27. The number of rotatable bonds is 13. The molecule has 0 spiro atoms. The van der Waals surface area contributed by atoms with Crippen molar-refractivity contribution >= 4 is 5.97 Å². The highest BCUT2D eigenvalue weighted by atomic mass is 16.5. The molecule has 1 aromatic carbocycles. The van der Waals surface area contributed by atoms with Crippen molar-refractivity contribution < 1.29 is 19.4 Å². The van der Waals surface area contributed by atoms with Gasteiger partial charge >= 0.3 is 5.97 Å². The number of carbonyl (C=O) groups is 1. The van der Waals surface area contributed by atoms with E-state index in [1.807, 2.05) is 0 Å². The van der Waals surface area contributed by atoms with Gasteiger partial charge in [0.05, 0.1) is 0 Å². The molecule has 134 valence electrons. The summed E-state index contributed by atoms with van der Waals surface area (Å²) in [6.45, 7) is 16.1. The molecule has 1 atom stereocenters. The zero-order valence-electron chi connectivity index (χ0n) is 14.4. The van der Waals surface area contributed by atoms with E-state index < -0.39 is 12.0 Å². The van der Waals surface area contributed by atoms with Gasteiger partial charge < -0.3 is 14.6 Å². The Labute approximate surface area is 149 Å². The summed E-state index contributed by atoms with van der Waals surface area (Å²) >= 11 is 0. The van der Waals surface area contributed by atoms with Gasteiger partial charge in [0.2, 0.25) is 0 Å². The summed E-state index contributed by atoms with van der Waals surface area (Å²) < 4.78 is 11.2. The van der Waals surface area contributed by atoms with E-state index in [2.05, 4.69) is 26.3 Å². The summed E-state index contributed by atoms with van der Waals surface area (Å²) in [6.07, 6.45) is 6.56. The van der Waals surface area contributed by atoms with Crippen molar-refractivity contribution in [2.75, 3.05) is 26.3 Å². The Bertz CT molecular complexity index is 614. The Balaban J connectivity index is 3.26. The number of carboxylic acids is 1. The van der Waals surface area contributed by atoms with Crippen LogP contribution in [-0.2, 0) is 4.79 Å². The van der Waals surface area contributed by atoms with Crippen LogP contribution in [0.5, 0.6) is 11.5 Å². The lowest BCUT2D eigenvalue weighted by atomic mass is 10.0. The molecule has 0 aromatic heterocycles. The molecular formula is C20H25NO4. The van der Waals surface area contributed by atoms with Gasteiger partial charge in [-0.1, -0.05) is 43.5 Å². The van der Waals surface area contributed by atoms with Gasteiger partial charge in [-0.25, -0.2) is 0 Å². The number of hydrogen-bond donors (Lipinski definition) is 1. The Morgan fingerprint density at radius 1 is 1.00 bits per heavy atom. The molecule has 0 bridgehead atoms. The highest BCUT2D eigenvalue weighted by Crippen LogP contribution is 2.33. The maximum atomic E-state index is 11.9. The van der Waals surface area contributed by atoms with Crippen molar-refractivity contribution in [1.29, 1.82) is 0 Å². The molecule has 0 radical (unpaired) electrons. The molecule has 0 heterocycles. The third-order valence-corrected chi connectivity index (χ3v) is 3.32. The second-order valence-electron chi connectivity index (χ2n) is 5.18. The quantitative estimate of drug-likeness (QED) is 0.554. The number of aliphatic carboxylic acids is 1. The van der Waals surface area contributed by atoms with E-state index >= 15 is 0 Å². The number of nitrogens with zero attached hydrogens (tertiary/aromatic N) is 1. The summed E-state index contributed by atoms with van der Waals surface area (Å²) in [6, 6.07) is 4.25. The van der Waals surface area contributed by atoms with Gasteiger partial charge in [0, 0.05) is 13.1 Å². The molecular weight excluding hydrogens is 318 g/mol. The molecule has 1 unspecified atom stereocenters. The molecule has 5 heteroatoms. The molecule has 0 aliphatic rings. The minimum atomic E-state index is -0.960. The fraction of sp³-hybridized carbons (Fsp3) is 0.250. The smallest absolute Gasteiger partial charge is 0.325 e. The first kappa shape index (κ1) is 20.3. The van der Waals surface area contributed by atoms with Crippen LogP contribution in [0.3, 0.4) is 0 Å². The van der Waals surface area contributed by atoms with Crippen LogP contribution in [-0.4, -0.2) is 42.3 Å². The van der Waals surface area contributed by atoms with Crippen LogP contribution in [0.4, 0.5) is 0 Å². The second-order valence-corrected chi connectivity index (χ2v) is 5.18. The van der Waals surface area contributed by atoms with Crippen molar-refractivity contribution in [1.82, 2.24) is 4.90 Å². The predicted molar refractivity (Wildman–Crippen MR) is 100 cm³/mol. The first-order valence-corrected chi connectivity index (χ1v) is 7.89. The van der Waals surface area contributed by atoms with Gasteiger partial charge in [0.15, 0.2) is 11.5 Å². The fourth-order valence-corrected chi connectivity index (χ4v) is 2.35. The van der Waals surface area contributed by atoms with Crippen molar-refractivity contribution in [2.24, 2.45) is 0 Å². The highest BCUT2D eigenvalue weighted by molar-refractivity contribution is 5.76. The predicted octanol–water partition coefficient (Wildman–Crippen LogP) is 3.62. The van der Waals surface area contributed by atoms with Gasteiger partial charge in [0.25, 0.3) is 0 Å². The van der Waals surface area contributed by atoms with E-state index in [1.165, 1.54) is 0 Å². The van der Waals surface area contributed by atoms with Crippen molar-refractivity contribution in [2.45, 2.75) is 6.04 Å². The average Bonchev–Trinajstić information content (AvgIpc) is 2.59.